The molecule has 1 aromatic carbocycles. The van der Waals surface area contributed by atoms with Crippen LogP contribution in [-0.4, -0.2) is 5.71 Å². The molecule has 1 heteroatoms. The number of fused-ring (bicyclic) bond motifs is 1. The fourth-order valence-corrected chi connectivity index (χ4v) is 2.58. The Labute approximate surface area is 78.5 Å². The topological polar surface area (TPSA) is 12.4 Å². The van der Waals surface area contributed by atoms with Crippen molar-refractivity contribution in [2.24, 2.45) is 10.9 Å². The molecule has 3 rings (SSSR count). The Morgan fingerprint density at radius 3 is 2.69 bits per heavy atom. The molecule has 1 nitrogen and oxygen atoms in total. The molecule has 0 aromatic heterocycles. The van der Waals surface area contributed by atoms with E-state index in [1.807, 2.05) is 0 Å². The molecule has 0 bridgehead atoms. The first-order chi connectivity index (χ1) is 6.31. The minimum atomic E-state index is 0.214. The highest BCUT2D eigenvalue weighted by Crippen LogP contribution is 2.60. The summed E-state index contributed by atoms with van der Waals surface area (Å²) in [4.78, 5) is 4.78. The molecule has 2 unspecified atom stereocenters. The van der Waals surface area contributed by atoms with E-state index in [9.17, 15) is 0 Å². The van der Waals surface area contributed by atoms with Gasteiger partial charge in [-0.05, 0) is 31.2 Å². The summed E-state index contributed by atoms with van der Waals surface area (Å²) < 4.78 is 0. The third-order valence-corrected chi connectivity index (χ3v) is 3.28. The van der Waals surface area contributed by atoms with Crippen LogP contribution in [0.3, 0.4) is 0 Å². The largest absolute Gasteiger partial charge is 0.283 e. The lowest BCUT2D eigenvalue weighted by Gasteiger charge is -2.08. The standard InChI is InChI=1S/C12H13N/c1-9-7-11-8-12(11,13-9)10-5-3-2-4-6-10/h2-6,11H,7-8H2,1H3. The van der Waals surface area contributed by atoms with Crippen LogP contribution >= 0.6 is 0 Å². The van der Waals surface area contributed by atoms with Crippen LogP contribution in [0.4, 0.5) is 0 Å². The molecule has 1 aliphatic carbocycles. The van der Waals surface area contributed by atoms with Gasteiger partial charge in [-0.1, -0.05) is 30.3 Å². The van der Waals surface area contributed by atoms with Crippen molar-refractivity contribution in [1.29, 1.82) is 0 Å². The van der Waals surface area contributed by atoms with Crippen molar-refractivity contribution in [3.63, 3.8) is 0 Å². The van der Waals surface area contributed by atoms with Gasteiger partial charge >= 0.3 is 0 Å². The summed E-state index contributed by atoms with van der Waals surface area (Å²) in [5.41, 5.74) is 2.96. The molecule has 0 N–H and O–H groups in total. The highest BCUT2D eigenvalue weighted by molar-refractivity contribution is 5.86. The van der Waals surface area contributed by atoms with Gasteiger partial charge < -0.3 is 0 Å². The number of aliphatic imine (C=N–C) groups is 1. The molecule has 0 spiro atoms. The lowest BCUT2D eigenvalue weighted by Crippen LogP contribution is -2.02. The third-order valence-electron chi connectivity index (χ3n) is 3.28. The second-order valence-electron chi connectivity index (χ2n) is 4.24. The molecule has 1 saturated carbocycles. The summed E-state index contributed by atoms with van der Waals surface area (Å²) in [5.74, 6) is 0.815. The number of hydrogen-bond donors (Lipinski definition) is 0. The van der Waals surface area contributed by atoms with Crippen LogP contribution in [0.5, 0.6) is 0 Å². The molecule has 13 heavy (non-hydrogen) atoms. The Kier molecular flexibility index (Phi) is 1.25. The molecule has 1 aliphatic heterocycles. The van der Waals surface area contributed by atoms with Gasteiger partial charge in [0.2, 0.25) is 0 Å². The number of rotatable bonds is 1. The Balaban J connectivity index is 2.04. The first-order valence-corrected chi connectivity index (χ1v) is 4.92. The smallest absolute Gasteiger partial charge is 0.0892 e. The van der Waals surface area contributed by atoms with Crippen LogP contribution < -0.4 is 0 Å². The SMILES string of the molecule is CC1=NC2(c3ccccc3)CC2C1. The Bertz CT molecular complexity index is 366. The normalized spacial score (nSPS) is 35.5. The van der Waals surface area contributed by atoms with Crippen molar-refractivity contribution in [3.05, 3.63) is 35.9 Å². The van der Waals surface area contributed by atoms with Gasteiger partial charge in [0, 0.05) is 5.71 Å². The van der Waals surface area contributed by atoms with Crippen molar-refractivity contribution in [3.8, 4) is 0 Å². The predicted octanol–water partition coefficient (Wildman–Crippen LogP) is 2.77. The van der Waals surface area contributed by atoms with E-state index < -0.39 is 0 Å². The molecule has 2 aliphatic rings. The van der Waals surface area contributed by atoms with Gasteiger partial charge in [-0.15, -0.1) is 0 Å². The van der Waals surface area contributed by atoms with Crippen LogP contribution in [0.15, 0.2) is 35.3 Å². The van der Waals surface area contributed by atoms with Gasteiger partial charge in [0.1, 0.15) is 0 Å². The van der Waals surface area contributed by atoms with Gasteiger partial charge in [0.15, 0.2) is 0 Å². The summed E-state index contributed by atoms with van der Waals surface area (Å²) in [7, 11) is 0. The second kappa shape index (κ2) is 2.22. The molecular formula is C12H13N. The van der Waals surface area contributed by atoms with Crippen LogP contribution in [0.25, 0.3) is 0 Å². The van der Waals surface area contributed by atoms with E-state index in [0.29, 0.717) is 0 Å². The van der Waals surface area contributed by atoms with Gasteiger partial charge in [0.05, 0.1) is 5.54 Å². The average Bonchev–Trinajstić information content (AvgIpc) is 2.72. The maximum absolute atomic E-state index is 4.78. The third kappa shape index (κ3) is 0.902. The highest BCUT2D eigenvalue weighted by atomic mass is 15.0. The van der Waals surface area contributed by atoms with E-state index in [1.54, 1.807) is 0 Å². The molecule has 2 atom stereocenters. The van der Waals surface area contributed by atoms with Crippen LogP contribution in [0, 0.1) is 5.92 Å². The van der Waals surface area contributed by atoms with E-state index in [1.165, 1.54) is 24.1 Å². The minimum absolute atomic E-state index is 0.214. The first-order valence-electron chi connectivity index (χ1n) is 4.92. The highest BCUT2D eigenvalue weighted by Gasteiger charge is 2.58. The van der Waals surface area contributed by atoms with Crippen LogP contribution in [0.2, 0.25) is 0 Å². The maximum atomic E-state index is 4.78. The summed E-state index contributed by atoms with van der Waals surface area (Å²) in [6.07, 6.45) is 2.49. The molecule has 0 amide bonds. The van der Waals surface area contributed by atoms with Gasteiger partial charge in [-0.25, -0.2) is 0 Å². The Hall–Kier alpha value is -1.11. The Morgan fingerprint density at radius 2 is 2.08 bits per heavy atom. The average molecular weight is 171 g/mol. The lowest BCUT2D eigenvalue weighted by molar-refractivity contribution is 0.691. The van der Waals surface area contributed by atoms with Crippen molar-refractivity contribution < 1.29 is 0 Å². The molecule has 1 fully saturated rings. The van der Waals surface area contributed by atoms with Gasteiger partial charge in [0.25, 0.3) is 0 Å². The van der Waals surface area contributed by atoms with E-state index in [-0.39, 0.29) is 5.54 Å². The first kappa shape index (κ1) is 7.31. The molecule has 1 heterocycles. The zero-order chi connectivity index (χ0) is 8.89. The fraction of sp³-hybridized carbons (Fsp3) is 0.417. The zero-order valence-electron chi connectivity index (χ0n) is 7.83. The summed E-state index contributed by atoms with van der Waals surface area (Å²) in [5, 5.41) is 0. The van der Waals surface area contributed by atoms with Gasteiger partial charge in [-0.3, -0.25) is 4.99 Å². The lowest BCUT2D eigenvalue weighted by atomic mass is 10.0. The molecule has 1 aromatic rings. The van der Waals surface area contributed by atoms with E-state index >= 15 is 0 Å². The van der Waals surface area contributed by atoms with E-state index in [0.717, 1.165) is 5.92 Å². The summed E-state index contributed by atoms with van der Waals surface area (Å²) in [6.45, 7) is 2.15. The molecule has 0 saturated heterocycles. The molecule has 66 valence electrons. The van der Waals surface area contributed by atoms with Gasteiger partial charge in [-0.2, -0.15) is 0 Å². The minimum Gasteiger partial charge on any atom is -0.283 e. The van der Waals surface area contributed by atoms with E-state index in [2.05, 4.69) is 37.3 Å². The summed E-state index contributed by atoms with van der Waals surface area (Å²) in [6, 6.07) is 10.7. The quantitative estimate of drug-likeness (QED) is 0.616. The van der Waals surface area contributed by atoms with Crippen LogP contribution in [0.1, 0.15) is 25.3 Å². The zero-order valence-corrected chi connectivity index (χ0v) is 7.83. The molecular weight excluding hydrogens is 158 g/mol. The van der Waals surface area contributed by atoms with Crippen molar-refractivity contribution in [2.75, 3.05) is 0 Å². The predicted molar refractivity (Wildman–Crippen MR) is 54.0 cm³/mol. The monoisotopic (exact) mass is 171 g/mol. The Morgan fingerprint density at radius 1 is 1.31 bits per heavy atom. The van der Waals surface area contributed by atoms with Crippen molar-refractivity contribution in [2.45, 2.75) is 25.3 Å². The molecule has 0 radical (unpaired) electrons. The van der Waals surface area contributed by atoms with E-state index in [4.69, 9.17) is 4.99 Å². The van der Waals surface area contributed by atoms with Crippen molar-refractivity contribution >= 4 is 5.71 Å². The fourth-order valence-electron chi connectivity index (χ4n) is 2.58. The number of benzene rings is 1. The second-order valence-corrected chi connectivity index (χ2v) is 4.24. The maximum Gasteiger partial charge on any atom is 0.0892 e. The number of nitrogens with zero attached hydrogens (tertiary/aromatic N) is 1. The van der Waals surface area contributed by atoms with Crippen molar-refractivity contribution in [1.82, 2.24) is 0 Å². The van der Waals surface area contributed by atoms with Crippen LogP contribution in [-0.2, 0) is 5.54 Å². The number of hydrogen-bond acceptors (Lipinski definition) is 1. The summed E-state index contributed by atoms with van der Waals surface area (Å²) >= 11 is 0.